The van der Waals surface area contributed by atoms with E-state index in [1.54, 1.807) is 18.3 Å². The molecule has 0 fully saturated rings. The molecule has 0 radical (unpaired) electrons. The van der Waals surface area contributed by atoms with Crippen molar-refractivity contribution in [2.75, 3.05) is 5.32 Å². The van der Waals surface area contributed by atoms with Gasteiger partial charge in [0.15, 0.2) is 0 Å². The molecule has 1 amide bonds. The highest BCUT2D eigenvalue weighted by atomic mass is 32.1. The number of carbonyl (C=O) groups excluding carboxylic acids is 1. The number of carbonyl (C=O) groups is 1. The number of amides is 1. The molecule has 0 aliphatic rings. The summed E-state index contributed by atoms with van der Waals surface area (Å²) in [5.74, 6) is -0.169. The van der Waals surface area contributed by atoms with Gasteiger partial charge in [-0.3, -0.25) is 4.79 Å². The van der Waals surface area contributed by atoms with Gasteiger partial charge in [0.25, 0.3) is 5.91 Å². The Morgan fingerprint density at radius 3 is 2.39 bits per heavy atom. The number of nitrogens with zero attached hydrogens (tertiary/aromatic N) is 1. The third-order valence-electron chi connectivity index (χ3n) is 3.35. The molecule has 1 heterocycles. The van der Waals surface area contributed by atoms with Crippen molar-refractivity contribution in [3.8, 4) is 21.8 Å². The summed E-state index contributed by atoms with van der Waals surface area (Å²) in [6, 6.07) is 17.8. The topological polar surface area (TPSA) is 42.0 Å². The first kappa shape index (κ1) is 15.2. The second kappa shape index (κ2) is 6.58. The monoisotopic (exact) mass is 320 g/mol. The number of rotatable bonds is 4. The van der Waals surface area contributed by atoms with Crippen LogP contribution in [0.1, 0.15) is 6.92 Å². The first-order chi connectivity index (χ1) is 11.1. The fraction of sp³-hybridized carbons (Fsp3) is 0.0526. The molecule has 114 valence electrons. The Morgan fingerprint density at radius 1 is 1.04 bits per heavy atom. The second-order valence-corrected chi connectivity index (χ2v) is 6.07. The van der Waals surface area contributed by atoms with E-state index < -0.39 is 0 Å². The summed E-state index contributed by atoms with van der Waals surface area (Å²) in [6.07, 6.45) is 0. The van der Waals surface area contributed by atoms with E-state index in [1.165, 1.54) is 0 Å². The van der Waals surface area contributed by atoms with Crippen LogP contribution in [0.25, 0.3) is 21.8 Å². The van der Waals surface area contributed by atoms with Crippen molar-refractivity contribution in [2.24, 2.45) is 0 Å². The highest BCUT2D eigenvalue weighted by molar-refractivity contribution is 7.13. The lowest BCUT2D eigenvalue weighted by Gasteiger charge is -2.05. The number of hydrogen-bond donors (Lipinski definition) is 1. The number of thiazole rings is 1. The van der Waals surface area contributed by atoms with E-state index in [-0.39, 0.29) is 5.91 Å². The molecule has 0 atom stereocenters. The summed E-state index contributed by atoms with van der Waals surface area (Å²) in [6.45, 7) is 5.31. The Kier molecular flexibility index (Phi) is 4.35. The maximum absolute atomic E-state index is 11.6. The number of benzene rings is 2. The van der Waals surface area contributed by atoms with Gasteiger partial charge in [-0.05, 0) is 19.1 Å². The summed E-state index contributed by atoms with van der Waals surface area (Å²) in [7, 11) is 0. The zero-order valence-electron chi connectivity index (χ0n) is 12.7. The highest BCUT2D eigenvalue weighted by Gasteiger charge is 2.07. The lowest BCUT2D eigenvalue weighted by Crippen LogP contribution is -2.11. The molecule has 0 saturated carbocycles. The van der Waals surface area contributed by atoms with Gasteiger partial charge in [-0.25, -0.2) is 4.98 Å². The average molecular weight is 320 g/mol. The molecular formula is C19H16N2OS. The average Bonchev–Trinajstić information content (AvgIpc) is 3.06. The minimum atomic E-state index is -0.169. The quantitative estimate of drug-likeness (QED) is 0.688. The van der Waals surface area contributed by atoms with Gasteiger partial charge in [0.1, 0.15) is 5.01 Å². The predicted molar refractivity (Wildman–Crippen MR) is 96.4 cm³/mol. The van der Waals surface area contributed by atoms with E-state index >= 15 is 0 Å². The SMILES string of the molecule is C=C(C)C(=O)Nc1ccc(-c2csc(-c3ccccc3)n2)cc1. The molecule has 0 bridgehead atoms. The van der Waals surface area contributed by atoms with Gasteiger partial charge >= 0.3 is 0 Å². The molecule has 0 aliphatic heterocycles. The standard InChI is InChI=1S/C19H16N2OS/c1-13(2)18(22)20-16-10-8-14(9-11-16)17-12-23-19(21-17)15-6-4-3-5-7-15/h3-12H,1H2,2H3,(H,20,22). The number of nitrogens with one attached hydrogen (secondary N) is 1. The van der Waals surface area contributed by atoms with Gasteiger partial charge in [0.2, 0.25) is 0 Å². The van der Waals surface area contributed by atoms with Crippen molar-refractivity contribution >= 4 is 22.9 Å². The molecule has 3 rings (SSSR count). The number of hydrogen-bond acceptors (Lipinski definition) is 3. The van der Waals surface area contributed by atoms with Gasteiger partial charge < -0.3 is 5.32 Å². The number of aromatic nitrogens is 1. The van der Waals surface area contributed by atoms with Crippen LogP contribution in [0.4, 0.5) is 5.69 Å². The maximum Gasteiger partial charge on any atom is 0.250 e. The van der Waals surface area contributed by atoms with E-state index in [1.807, 2.05) is 47.8 Å². The first-order valence-corrected chi connectivity index (χ1v) is 8.10. The first-order valence-electron chi connectivity index (χ1n) is 7.22. The molecule has 1 N–H and O–H groups in total. The molecule has 0 unspecified atom stereocenters. The minimum absolute atomic E-state index is 0.169. The van der Waals surface area contributed by atoms with Crippen LogP contribution in [-0.2, 0) is 4.79 Å². The lowest BCUT2D eigenvalue weighted by atomic mass is 10.1. The molecule has 2 aromatic carbocycles. The Labute approximate surface area is 139 Å². The van der Waals surface area contributed by atoms with Crippen LogP contribution in [0.2, 0.25) is 0 Å². The summed E-state index contributed by atoms with van der Waals surface area (Å²) in [4.78, 5) is 16.3. The molecule has 0 aliphatic carbocycles. The molecule has 23 heavy (non-hydrogen) atoms. The fourth-order valence-electron chi connectivity index (χ4n) is 2.08. The van der Waals surface area contributed by atoms with Crippen LogP contribution in [0, 0.1) is 0 Å². The van der Waals surface area contributed by atoms with Crippen LogP contribution in [0.15, 0.2) is 72.1 Å². The molecule has 1 aromatic heterocycles. The third-order valence-corrected chi connectivity index (χ3v) is 4.24. The Balaban J connectivity index is 1.79. The summed E-state index contributed by atoms with van der Waals surface area (Å²) in [5.41, 5.74) is 4.32. The summed E-state index contributed by atoms with van der Waals surface area (Å²) < 4.78 is 0. The largest absolute Gasteiger partial charge is 0.322 e. The van der Waals surface area contributed by atoms with E-state index in [4.69, 9.17) is 0 Å². The lowest BCUT2D eigenvalue weighted by molar-refractivity contribution is -0.112. The molecule has 3 nitrogen and oxygen atoms in total. The molecule has 4 heteroatoms. The van der Waals surface area contributed by atoms with Crippen LogP contribution in [0.3, 0.4) is 0 Å². The fourth-order valence-corrected chi connectivity index (χ4v) is 2.92. The van der Waals surface area contributed by atoms with Crippen molar-refractivity contribution in [1.29, 1.82) is 0 Å². The van der Waals surface area contributed by atoms with Crippen molar-refractivity contribution in [1.82, 2.24) is 4.98 Å². The Hall–Kier alpha value is -2.72. The molecule has 0 saturated heterocycles. The van der Waals surface area contributed by atoms with Crippen LogP contribution in [-0.4, -0.2) is 10.9 Å². The van der Waals surface area contributed by atoms with E-state index in [2.05, 4.69) is 29.0 Å². The smallest absolute Gasteiger partial charge is 0.250 e. The van der Waals surface area contributed by atoms with E-state index in [9.17, 15) is 4.79 Å². The predicted octanol–water partition coefficient (Wildman–Crippen LogP) is 4.99. The van der Waals surface area contributed by atoms with Crippen LogP contribution in [0.5, 0.6) is 0 Å². The van der Waals surface area contributed by atoms with Crippen molar-refractivity contribution < 1.29 is 4.79 Å². The molecule has 3 aromatic rings. The van der Waals surface area contributed by atoms with Crippen molar-refractivity contribution in [2.45, 2.75) is 6.92 Å². The van der Waals surface area contributed by atoms with Crippen LogP contribution >= 0.6 is 11.3 Å². The van der Waals surface area contributed by atoms with Crippen molar-refractivity contribution in [3.05, 3.63) is 72.1 Å². The van der Waals surface area contributed by atoms with E-state index in [0.29, 0.717) is 5.57 Å². The second-order valence-electron chi connectivity index (χ2n) is 5.22. The van der Waals surface area contributed by atoms with Crippen molar-refractivity contribution in [3.63, 3.8) is 0 Å². The Morgan fingerprint density at radius 2 is 1.74 bits per heavy atom. The van der Waals surface area contributed by atoms with Gasteiger partial charge in [-0.15, -0.1) is 11.3 Å². The van der Waals surface area contributed by atoms with Gasteiger partial charge in [0, 0.05) is 27.8 Å². The maximum atomic E-state index is 11.6. The third kappa shape index (κ3) is 3.55. The zero-order chi connectivity index (χ0) is 16.2. The van der Waals surface area contributed by atoms with Gasteiger partial charge in [-0.2, -0.15) is 0 Å². The summed E-state index contributed by atoms with van der Waals surface area (Å²) >= 11 is 1.62. The van der Waals surface area contributed by atoms with Gasteiger partial charge in [0.05, 0.1) is 5.69 Å². The van der Waals surface area contributed by atoms with Crippen LogP contribution < -0.4 is 5.32 Å². The Bertz CT molecular complexity index is 835. The normalized spacial score (nSPS) is 10.3. The highest BCUT2D eigenvalue weighted by Crippen LogP contribution is 2.29. The minimum Gasteiger partial charge on any atom is -0.322 e. The van der Waals surface area contributed by atoms with E-state index in [0.717, 1.165) is 27.5 Å². The number of anilines is 1. The molecule has 0 spiro atoms. The van der Waals surface area contributed by atoms with Gasteiger partial charge in [-0.1, -0.05) is 49.0 Å². The zero-order valence-corrected chi connectivity index (χ0v) is 13.6. The summed E-state index contributed by atoms with van der Waals surface area (Å²) in [5, 5.41) is 5.84. The molecular weight excluding hydrogens is 304 g/mol.